The summed E-state index contributed by atoms with van der Waals surface area (Å²) in [7, 11) is 0. The van der Waals surface area contributed by atoms with E-state index in [0.717, 1.165) is 22.0 Å². The molecule has 27 nitrogen and oxygen atoms in total. The van der Waals surface area contributed by atoms with Gasteiger partial charge in [-0.25, -0.2) is 0 Å². The highest BCUT2D eigenvalue weighted by Gasteiger charge is 2.24. The maximum absolute atomic E-state index is 11.7. The van der Waals surface area contributed by atoms with E-state index in [9.17, 15) is 67.1 Å². The van der Waals surface area contributed by atoms with Crippen LogP contribution in [0.2, 0.25) is 0 Å². The Balaban J connectivity index is 0.00000112. The first-order chi connectivity index (χ1) is 32.1. The van der Waals surface area contributed by atoms with Crippen LogP contribution in [0.25, 0.3) is 0 Å². The van der Waals surface area contributed by atoms with Gasteiger partial charge in [0.15, 0.2) is 0 Å². The zero-order valence-corrected chi connectivity index (χ0v) is 39.6. The molecule has 2 aliphatic rings. The molecule has 10 N–H and O–H groups in total. The molecular formula is C42H64N10O17. The van der Waals surface area contributed by atoms with Gasteiger partial charge in [0.05, 0.1) is 52.1 Å². The molecule has 384 valence electrons. The van der Waals surface area contributed by atoms with Gasteiger partial charge in [0.25, 0.3) is 23.6 Å². The minimum Gasteiger partial charge on any atom is -0.481 e. The van der Waals surface area contributed by atoms with Crippen LogP contribution in [0.4, 0.5) is 0 Å². The standard InChI is InChI=1S/C21H31N5O8.C13H24N4O5.C8H9NO4/c1-21(2,3)34-20(33)8-9-22-15(28)11-24-17(30)13-25-16(29)12-23-14(27)5-4-10-26-18(31)6-7-19(26)32;1-13(2,3)22-12(21)4-5-15-10(19)7-17-11(20)8-16-9(18)6-14;10-6-3-4-7(11)9(6)5-1-2-8(12)13/h6-7H,4-5,8-13H2,1-3H3,(H,22,28)(H,23,27)(H,24,30)(H,25,29);4-8,14H2,1-3H3,(H,15,19)(H,16,18)(H,17,20);3-4H,1-2,5H2,(H,12,13). The van der Waals surface area contributed by atoms with E-state index in [-0.39, 0.29) is 103 Å². The average Bonchev–Trinajstić information content (AvgIpc) is 3.75. The molecule has 11 amide bonds. The third kappa shape index (κ3) is 32.7. The van der Waals surface area contributed by atoms with E-state index in [1.807, 2.05) is 0 Å². The molecule has 0 spiro atoms. The van der Waals surface area contributed by atoms with Gasteiger partial charge in [-0.05, 0) is 54.4 Å². The van der Waals surface area contributed by atoms with E-state index in [2.05, 4.69) is 37.2 Å². The Kier molecular flexibility index (Phi) is 28.6. The Morgan fingerprint density at radius 3 is 1.06 bits per heavy atom. The fraction of sp³-hybridized carbons (Fsp3) is 0.571. The van der Waals surface area contributed by atoms with Crippen molar-refractivity contribution in [3.63, 3.8) is 0 Å². The Hall–Kier alpha value is -7.58. The maximum atomic E-state index is 11.7. The Bertz CT molecular complexity index is 1920. The van der Waals surface area contributed by atoms with E-state index in [4.69, 9.17) is 20.3 Å². The number of carbonyl (C=O) groups is 14. The highest BCUT2D eigenvalue weighted by molar-refractivity contribution is 6.13. The lowest BCUT2D eigenvalue weighted by molar-refractivity contribution is -0.155. The number of carboxylic acid groups (broad SMARTS) is 1. The second-order valence-corrected chi connectivity index (χ2v) is 16.4. The molecular weight excluding hydrogens is 917 g/mol. The summed E-state index contributed by atoms with van der Waals surface area (Å²) in [5.41, 5.74) is 3.87. The summed E-state index contributed by atoms with van der Waals surface area (Å²) in [6.07, 6.45) is 5.23. The van der Waals surface area contributed by atoms with E-state index in [0.29, 0.717) is 6.42 Å². The number of carbonyl (C=O) groups excluding carboxylic acids is 13. The number of aliphatic carboxylic acids is 1. The van der Waals surface area contributed by atoms with Crippen molar-refractivity contribution in [1.82, 2.24) is 47.0 Å². The van der Waals surface area contributed by atoms with Gasteiger partial charge in [0.2, 0.25) is 41.4 Å². The molecule has 2 heterocycles. The average molecular weight is 981 g/mol. The smallest absolute Gasteiger partial charge is 0.308 e. The SMILES string of the molecule is CC(C)(C)OC(=O)CCNC(=O)CNC(=O)CNC(=O)CN.CC(C)(C)OC(=O)CCNC(=O)CNC(=O)CNC(=O)CNC(=O)CCCN1C(=O)C=CC1=O.O=C(O)CCCN1C(=O)C=CC1=O. The number of rotatable bonds is 25. The molecule has 27 heteroatoms. The quantitative estimate of drug-likeness (QED) is 0.0309. The second kappa shape index (κ2) is 32.2. The number of carboxylic acids is 1. The van der Waals surface area contributed by atoms with Crippen LogP contribution in [0.1, 0.15) is 80.1 Å². The number of nitrogens with one attached hydrogen (secondary N) is 7. The van der Waals surface area contributed by atoms with Crippen molar-refractivity contribution < 1.29 is 81.7 Å². The molecule has 69 heavy (non-hydrogen) atoms. The molecule has 0 radical (unpaired) electrons. The maximum Gasteiger partial charge on any atom is 0.308 e. The van der Waals surface area contributed by atoms with E-state index in [1.54, 1.807) is 41.5 Å². The first kappa shape index (κ1) is 61.4. The van der Waals surface area contributed by atoms with Crippen LogP contribution < -0.4 is 43.0 Å². The van der Waals surface area contributed by atoms with Gasteiger partial charge in [-0.15, -0.1) is 0 Å². The van der Waals surface area contributed by atoms with Crippen LogP contribution in [0.5, 0.6) is 0 Å². The number of esters is 2. The number of hydrogen-bond acceptors (Lipinski definition) is 17. The first-order valence-corrected chi connectivity index (χ1v) is 21.4. The second-order valence-electron chi connectivity index (χ2n) is 16.4. The Labute approximate surface area is 397 Å². The molecule has 0 saturated heterocycles. The van der Waals surface area contributed by atoms with Gasteiger partial charge in [0.1, 0.15) is 11.2 Å². The number of ether oxygens (including phenoxy) is 2. The Morgan fingerprint density at radius 1 is 0.464 bits per heavy atom. The van der Waals surface area contributed by atoms with E-state index in [1.165, 1.54) is 12.2 Å². The molecule has 0 aromatic heterocycles. The summed E-state index contributed by atoms with van der Waals surface area (Å²) in [5.74, 6) is -6.99. The third-order valence-corrected chi connectivity index (χ3v) is 7.92. The molecule has 0 aromatic rings. The molecule has 0 unspecified atom stereocenters. The van der Waals surface area contributed by atoms with E-state index < -0.39 is 88.8 Å². The summed E-state index contributed by atoms with van der Waals surface area (Å²) in [6.45, 7) is 9.10. The van der Waals surface area contributed by atoms with Crippen molar-refractivity contribution >= 4 is 82.9 Å². The van der Waals surface area contributed by atoms with Crippen molar-refractivity contribution in [2.75, 3.05) is 65.4 Å². The van der Waals surface area contributed by atoms with Gasteiger partial charge in [0, 0.05) is 63.3 Å². The van der Waals surface area contributed by atoms with Crippen molar-refractivity contribution in [3.05, 3.63) is 24.3 Å². The number of amides is 11. The largest absolute Gasteiger partial charge is 0.481 e. The number of nitrogens with zero attached hydrogens (tertiary/aromatic N) is 2. The lowest BCUT2D eigenvalue weighted by atomic mass is 10.2. The molecule has 0 aliphatic carbocycles. The number of nitrogens with two attached hydrogens (primary N) is 1. The first-order valence-electron chi connectivity index (χ1n) is 21.4. The molecule has 0 saturated carbocycles. The molecule has 0 atom stereocenters. The van der Waals surface area contributed by atoms with Gasteiger partial charge < -0.3 is 57.5 Å². The van der Waals surface area contributed by atoms with Crippen LogP contribution in [0, 0.1) is 0 Å². The lowest BCUT2D eigenvalue weighted by Crippen LogP contribution is -2.44. The summed E-state index contributed by atoms with van der Waals surface area (Å²) < 4.78 is 10.2. The molecule has 0 bridgehead atoms. The third-order valence-electron chi connectivity index (χ3n) is 7.92. The normalized spacial score (nSPS) is 12.6. The van der Waals surface area contributed by atoms with Crippen LogP contribution in [0.15, 0.2) is 24.3 Å². The summed E-state index contributed by atoms with van der Waals surface area (Å²) in [5, 5.41) is 24.8. The molecule has 0 aromatic carbocycles. The van der Waals surface area contributed by atoms with Gasteiger partial charge in [-0.3, -0.25) is 76.9 Å². The van der Waals surface area contributed by atoms with Crippen LogP contribution in [-0.2, 0) is 76.6 Å². The highest BCUT2D eigenvalue weighted by atomic mass is 16.6. The van der Waals surface area contributed by atoms with Crippen molar-refractivity contribution in [1.29, 1.82) is 0 Å². The van der Waals surface area contributed by atoms with Crippen molar-refractivity contribution in [2.45, 2.75) is 91.3 Å². The summed E-state index contributed by atoms with van der Waals surface area (Å²) in [4.78, 5) is 160. The minimum atomic E-state index is -0.924. The monoisotopic (exact) mass is 980 g/mol. The van der Waals surface area contributed by atoms with Gasteiger partial charge >= 0.3 is 17.9 Å². The fourth-order valence-electron chi connectivity index (χ4n) is 4.85. The predicted octanol–water partition coefficient (Wildman–Crippen LogP) is -4.31. The lowest BCUT2D eigenvalue weighted by Gasteiger charge is -2.19. The number of imide groups is 2. The zero-order valence-electron chi connectivity index (χ0n) is 39.6. The fourth-order valence-corrected chi connectivity index (χ4v) is 4.85. The van der Waals surface area contributed by atoms with E-state index >= 15 is 0 Å². The van der Waals surface area contributed by atoms with Crippen molar-refractivity contribution in [3.8, 4) is 0 Å². The zero-order chi connectivity index (χ0) is 52.7. The minimum absolute atomic E-state index is 0.00780. The van der Waals surface area contributed by atoms with Gasteiger partial charge in [-0.2, -0.15) is 0 Å². The molecule has 2 aliphatic heterocycles. The molecule has 0 fully saturated rings. The highest BCUT2D eigenvalue weighted by Crippen LogP contribution is 2.09. The summed E-state index contributed by atoms with van der Waals surface area (Å²) in [6, 6.07) is 0. The summed E-state index contributed by atoms with van der Waals surface area (Å²) >= 11 is 0. The van der Waals surface area contributed by atoms with Crippen LogP contribution in [-0.4, -0.2) is 174 Å². The van der Waals surface area contributed by atoms with Crippen LogP contribution in [0.3, 0.4) is 0 Å². The Morgan fingerprint density at radius 2 is 0.754 bits per heavy atom. The van der Waals surface area contributed by atoms with Gasteiger partial charge in [-0.1, -0.05) is 0 Å². The number of hydrogen-bond donors (Lipinski definition) is 9. The predicted molar refractivity (Wildman–Crippen MR) is 239 cm³/mol. The molecule has 2 rings (SSSR count). The van der Waals surface area contributed by atoms with Crippen LogP contribution >= 0.6 is 0 Å². The topological polar surface area (TPSA) is 394 Å². The van der Waals surface area contributed by atoms with Crippen molar-refractivity contribution in [2.24, 2.45) is 5.73 Å².